The summed E-state index contributed by atoms with van der Waals surface area (Å²) in [5.41, 5.74) is 4.27. The van der Waals surface area contributed by atoms with Gasteiger partial charge in [0.1, 0.15) is 0 Å². The van der Waals surface area contributed by atoms with Crippen molar-refractivity contribution in [2.75, 3.05) is 0 Å². The third-order valence-electron chi connectivity index (χ3n) is 14.7. The Hall–Kier alpha value is -7.44. The highest BCUT2D eigenvalue weighted by Crippen LogP contribution is 2.57. The first-order valence-corrected chi connectivity index (χ1v) is 22.3. The molecule has 2 saturated carbocycles. The fourth-order valence-electron chi connectivity index (χ4n) is 11.7. The van der Waals surface area contributed by atoms with Crippen LogP contribution in [0.15, 0.2) is 94.4 Å². The van der Waals surface area contributed by atoms with E-state index in [0.717, 1.165) is 142 Å². The van der Waals surface area contributed by atoms with Crippen LogP contribution in [0.1, 0.15) is 118 Å². The zero-order valence-corrected chi connectivity index (χ0v) is 35.3. The number of hydrogen-bond donors (Lipinski definition) is 0. The van der Waals surface area contributed by atoms with Gasteiger partial charge in [-0.3, -0.25) is 9.59 Å². The van der Waals surface area contributed by atoms with E-state index in [1.54, 1.807) is 23.5 Å². The number of hydrogen-bond acceptors (Lipinski definition) is 5. The molecule has 4 aromatic carbocycles. The van der Waals surface area contributed by atoms with E-state index in [1.165, 1.54) is 0 Å². The largest absolute Gasteiger partial charge is 0.289 e. The predicted octanol–water partition coefficient (Wildman–Crippen LogP) is 13.8. The van der Waals surface area contributed by atoms with Crippen LogP contribution >= 0.6 is 11.3 Å². The summed E-state index contributed by atoms with van der Waals surface area (Å²) < 4.78 is 60.4. The van der Waals surface area contributed by atoms with Crippen molar-refractivity contribution in [3.63, 3.8) is 0 Å². The van der Waals surface area contributed by atoms with Crippen molar-refractivity contribution < 1.29 is 27.2 Å². The maximum absolute atomic E-state index is 14.6. The number of thiophene rings is 1. The van der Waals surface area contributed by atoms with Gasteiger partial charge in [-0.05, 0) is 131 Å². The van der Waals surface area contributed by atoms with Crippen molar-refractivity contribution >= 4 is 66.4 Å². The number of carbonyl (C=O) groups excluding carboxylic acids is 2. The monoisotopic (exact) mass is 876 g/mol. The Labute approximate surface area is 374 Å². The van der Waals surface area contributed by atoms with Crippen molar-refractivity contribution in [1.82, 2.24) is 0 Å². The number of fused-ring (bicyclic) bond motifs is 9. The van der Waals surface area contributed by atoms with Gasteiger partial charge in [0, 0.05) is 64.4 Å². The average molecular weight is 877 g/mol. The normalized spacial score (nSPS) is 21.5. The SMILES string of the molecule is [C-]#[N+]C(C#N)=C1/C(=C/C2=Cc3cc4sc5cc6c(cc5c4cc3C23CCCCC3)C2(CCCCC2)C(/C=C2\C(=O)c3cc(F)c(F)cc3\C2=C(\C#N)[N+]#[C-])=C6)C(=O)c2cc(F)c(F)cc21. The first-order valence-electron chi connectivity index (χ1n) is 21.5. The summed E-state index contributed by atoms with van der Waals surface area (Å²) in [6.07, 6.45) is 16.6. The van der Waals surface area contributed by atoms with Crippen LogP contribution in [-0.4, -0.2) is 11.6 Å². The number of nitrogens with zero attached hydrogens (tertiary/aromatic N) is 4. The molecule has 65 heavy (non-hydrogen) atoms. The smallest absolute Gasteiger partial charge is 0.270 e. The van der Waals surface area contributed by atoms with Crippen molar-refractivity contribution in [3.8, 4) is 12.1 Å². The molecule has 0 atom stereocenters. The van der Waals surface area contributed by atoms with Crippen LogP contribution < -0.4 is 0 Å². The van der Waals surface area contributed by atoms with E-state index in [0.29, 0.717) is 0 Å². The Bertz CT molecular complexity index is 3260. The van der Waals surface area contributed by atoms with Crippen molar-refractivity contribution in [2.24, 2.45) is 0 Å². The van der Waals surface area contributed by atoms with Gasteiger partial charge < -0.3 is 0 Å². The fraction of sp³-hybridized carbons (Fsp3) is 0.222. The van der Waals surface area contributed by atoms with Crippen molar-refractivity contribution in [1.29, 1.82) is 10.5 Å². The lowest BCUT2D eigenvalue weighted by Crippen LogP contribution is -2.29. The van der Waals surface area contributed by atoms with Gasteiger partial charge in [-0.2, -0.15) is 0 Å². The van der Waals surface area contributed by atoms with E-state index in [2.05, 4.69) is 46.1 Å². The fourth-order valence-corrected chi connectivity index (χ4v) is 12.9. The quantitative estimate of drug-likeness (QED) is 0.0764. The molecule has 0 N–H and O–H groups in total. The Morgan fingerprint density at radius 3 is 1.29 bits per heavy atom. The number of ketones is 2. The highest BCUT2D eigenvalue weighted by atomic mass is 32.1. The zero-order chi connectivity index (χ0) is 45.1. The molecule has 5 aromatic rings. The lowest BCUT2D eigenvalue weighted by Gasteiger charge is -2.37. The summed E-state index contributed by atoms with van der Waals surface area (Å²) in [6.45, 7) is 15.5. The minimum atomic E-state index is -1.19. The molecule has 314 valence electrons. The second-order valence-electron chi connectivity index (χ2n) is 17.8. The van der Waals surface area contributed by atoms with Gasteiger partial charge in [-0.25, -0.2) is 37.8 Å². The summed E-state index contributed by atoms with van der Waals surface area (Å²) in [5, 5.41) is 22.1. The summed E-state index contributed by atoms with van der Waals surface area (Å²) in [5.74, 6) is -5.85. The van der Waals surface area contributed by atoms with Crippen molar-refractivity contribution in [3.05, 3.63) is 185 Å². The van der Waals surface area contributed by atoms with Crippen LogP contribution in [0.4, 0.5) is 17.6 Å². The molecular weight excluding hydrogens is 845 g/mol. The molecule has 6 aliphatic carbocycles. The summed E-state index contributed by atoms with van der Waals surface area (Å²) in [6, 6.07) is 16.1. The molecule has 1 heterocycles. The summed E-state index contributed by atoms with van der Waals surface area (Å²) >= 11 is 1.65. The van der Waals surface area contributed by atoms with Gasteiger partial charge in [0.2, 0.25) is 0 Å². The molecule has 6 nitrogen and oxygen atoms in total. The molecule has 0 radical (unpaired) electrons. The minimum Gasteiger partial charge on any atom is -0.289 e. The molecule has 6 aliphatic rings. The number of nitriles is 2. The molecule has 2 spiro atoms. The molecule has 2 fully saturated rings. The highest BCUT2D eigenvalue weighted by molar-refractivity contribution is 7.25. The third-order valence-corrected chi connectivity index (χ3v) is 15.8. The number of rotatable bonds is 2. The first kappa shape index (κ1) is 40.3. The molecule has 0 saturated heterocycles. The van der Waals surface area contributed by atoms with E-state index >= 15 is 0 Å². The molecule has 0 aliphatic heterocycles. The maximum Gasteiger partial charge on any atom is 0.270 e. The van der Waals surface area contributed by atoms with E-state index in [4.69, 9.17) is 13.1 Å². The van der Waals surface area contributed by atoms with Gasteiger partial charge in [-0.1, -0.05) is 50.7 Å². The Morgan fingerprint density at radius 1 is 0.569 bits per heavy atom. The molecule has 11 heteroatoms. The number of benzene rings is 4. The van der Waals surface area contributed by atoms with Gasteiger partial charge in [0.15, 0.2) is 34.8 Å². The van der Waals surface area contributed by atoms with E-state index in [1.807, 2.05) is 12.1 Å². The maximum atomic E-state index is 14.6. The number of carbonyl (C=O) groups is 2. The van der Waals surface area contributed by atoms with Crippen molar-refractivity contribution in [2.45, 2.75) is 75.0 Å². The molecular formula is C54H32F4N4O2S. The van der Waals surface area contributed by atoms with Crippen LogP contribution in [0.3, 0.4) is 0 Å². The molecule has 1 aromatic heterocycles. The topological polar surface area (TPSA) is 90.4 Å². The standard InChI is InChI=1S/C54H32F4N4O2S/c1-61-45(25-59)49-33-21-41(55)43(57)23-35(33)51(63)37(49)17-29-13-27-15-47-31(19-39(27)53(29)9-5-3-6-10-53)32-20-40-28(16-48(32)65-47)14-30(54(40)11-7-4-8-12-54)18-38-50(46(26-60)62-2)34-22-42(56)44(58)24-36(34)52(38)64/h13-24H,3-12H2/b37-17-,38-18-,49-45+,50-46?. The minimum absolute atomic E-state index is 0.0130. The molecule has 0 bridgehead atoms. The van der Waals surface area contributed by atoms with Crippen LogP contribution in [0.5, 0.6) is 0 Å². The lowest BCUT2D eigenvalue weighted by molar-refractivity contribution is 0.103. The Kier molecular flexibility index (Phi) is 9.03. The van der Waals surface area contributed by atoms with E-state index in [9.17, 15) is 37.7 Å². The summed E-state index contributed by atoms with van der Waals surface area (Å²) in [4.78, 5) is 34.9. The molecule has 0 unspecified atom stereocenters. The lowest BCUT2D eigenvalue weighted by atomic mass is 9.66. The zero-order valence-electron chi connectivity index (χ0n) is 34.5. The van der Waals surface area contributed by atoms with Crippen LogP contribution in [0.25, 0.3) is 53.2 Å². The molecule has 0 amide bonds. The number of halogens is 4. The van der Waals surface area contributed by atoms with E-state index in [-0.39, 0.29) is 55.9 Å². The van der Waals surface area contributed by atoms with Gasteiger partial charge in [0.25, 0.3) is 11.4 Å². The summed E-state index contributed by atoms with van der Waals surface area (Å²) in [7, 11) is 0. The van der Waals surface area contributed by atoms with Crippen LogP contribution in [0, 0.1) is 59.1 Å². The van der Waals surface area contributed by atoms with Gasteiger partial charge >= 0.3 is 0 Å². The van der Waals surface area contributed by atoms with E-state index < -0.39 is 45.7 Å². The van der Waals surface area contributed by atoms with Gasteiger partial charge in [0.05, 0.1) is 25.3 Å². The second-order valence-corrected chi connectivity index (χ2v) is 18.8. The highest BCUT2D eigenvalue weighted by Gasteiger charge is 2.46. The number of allylic oxidation sites excluding steroid dienone is 10. The Balaban J connectivity index is 1.06. The Morgan fingerprint density at radius 2 is 0.938 bits per heavy atom. The number of Topliss-reactive ketones (excluding diaryl/α,β-unsaturated/α-hetero) is 2. The molecule has 11 rings (SSSR count). The predicted molar refractivity (Wildman–Crippen MR) is 241 cm³/mol. The third kappa shape index (κ3) is 5.65. The first-order chi connectivity index (χ1) is 31.4. The van der Waals surface area contributed by atoms with Gasteiger partial charge in [-0.15, -0.1) is 11.3 Å². The van der Waals surface area contributed by atoms with Crippen LogP contribution in [0.2, 0.25) is 0 Å². The van der Waals surface area contributed by atoms with Crippen LogP contribution in [-0.2, 0) is 10.8 Å². The second kappa shape index (κ2) is 14.5. The average Bonchev–Trinajstić information content (AvgIpc) is 4.03.